The van der Waals surface area contributed by atoms with Crippen molar-refractivity contribution in [3.8, 4) is 0 Å². The van der Waals surface area contributed by atoms with E-state index in [2.05, 4.69) is 0 Å². The summed E-state index contributed by atoms with van der Waals surface area (Å²) in [4.78, 5) is 14.8. The first-order valence-electron chi connectivity index (χ1n) is 12.8. The SMILES string of the molecule is O=C(C(c1ccccc1)c1ccccc1)N1CCC(N(C2CC2)S(=O)(=O)c2ccccc2C(F)(F)F)CC1. The van der Waals surface area contributed by atoms with Crippen molar-refractivity contribution in [3.05, 3.63) is 102 Å². The molecule has 5 rings (SSSR count). The van der Waals surface area contributed by atoms with Crippen LogP contribution < -0.4 is 0 Å². The highest BCUT2D eigenvalue weighted by atomic mass is 32.2. The number of carbonyl (C=O) groups excluding carboxylic acids is 1. The number of halogens is 3. The summed E-state index contributed by atoms with van der Waals surface area (Å²) in [6.07, 6.45) is -2.80. The summed E-state index contributed by atoms with van der Waals surface area (Å²) in [6, 6.07) is 22.6. The fourth-order valence-electron chi connectivity index (χ4n) is 5.35. The lowest BCUT2D eigenvalue weighted by molar-refractivity contribution is -0.140. The van der Waals surface area contributed by atoms with Crippen LogP contribution in [0, 0.1) is 0 Å². The lowest BCUT2D eigenvalue weighted by Crippen LogP contribution is -2.50. The highest BCUT2D eigenvalue weighted by Gasteiger charge is 2.47. The van der Waals surface area contributed by atoms with Crippen LogP contribution in [0.5, 0.6) is 0 Å². The fourth-order valence-corrected chi connectivity index (χ4v) is 7.50. The van der Waals surface area contributed by atoms with Crippen LogP contribution in [-0.2, 0) is 21.0 Å². The smallest absolute Gasteiger partial charge is 0.342 e. The van der Waals surface area contributed by atoms with Gasteiger partial charge in [-0.25, -0.2) is 8.42 Å². The molecule has 3 aromatic carbocycles. The number of amides is 1. The molecular weight excluding hydrogens is 513 g/mol. The van der Waals surface area contributed by atoms with Gasteiger partial charge in [-0.2, -0.15) is 17.5 Å². The predicted molar refractivity (Wildman–Crippen MR) is 138 cm³/mol. The first-order chi connectivity index (χ1) is 18.2. The fraction of sp³-hybridized carbons (Fsp3) is 0.345. The van der Waals surface area contributed by atoms with E-state index in [4.69, 9.17) is 0 Å². The van der Waals surface area contributed by atoms with E-state index in [1.807, 2.05) is 60.7 Å². The largest absolute Gasteiger partial charge is 0.417 e. The van der Waals surface area contributed by atoms with Gasteiger partial charge in [-0.1, -0.05) is 72.8 Å². The maximum absolute atomic E-state index is 13.8. The van der Waals surface area contributed by atoms with Gasteiger partial charge in [-0.15, -0.1) is 0 Å². The molecule has 38 heavy (non-hydrogen) atoms. The molecule has 1 aliphatic carbocycles. The number of likely N-dealkylation sites (tertiary alicyclic amines) is 1. The summed E-state index contributed by atoms with van der Waals surface area (Å²) in [5, 5.41) is 0. The van der Waals surface area contributed by atoms with Gasteiger partial charge in [0.25, 0.3) is 0 Å². The Balaban J connectivity index is 1.37. The molecule has 0 radical (unpaired) electrons. The summed E-state index contributed by atoms with van der Waals surface area (Å²) in [7, 11) is -4.38. The molecule has 200 valence electrons. The molecule has 0 N–H and O–H groups in total. The predicted octanol–water partition coefficient (Wildman–Crippen LogP) is 5.68. The molecular formula is C29H29F3N2O3S. The second-order valence-corrected chi connectivity index (χ2v) is 11.7. The summed E-state index contributed by atoms with van der Waals surface area (Å²) in [5.41, 5.74) is 0.598. The minimum absolute atomic E-state index is 0.0657. The lowest BCUT2D eigenvalue weighted by Gasteiger charge is -2.39. The molecule has 0 aromatic heterocycles. The Hall–Kier alpha value is -3.17. The Morgan fingerprint density at radius 1 is 0.763 bits per heavy atom. The van der Waals surface area contributed by atoms with E-state index < -0.39 is 38.6 Å². The number of carbonyl (C=O) groups is 1. The molecule has 1 saturated carbocycles. The number of nitrogens with zero attached hydrogens (tertiary/aromatic N) is 2. The van der Waals surface area contributed by atoms with Gasteiger partial charge < -0.3 is 4.90 Å². The third-order valence-electron chi connectivity index (χ3n) is 7.30. The third kappa shape index (κ3) is 5.35. The molecule has 0 unspecified atom stereocenters. The molecule has 1 aliphatic heterocycles. The monoisotopic (exact) mass is 542 g/mol. The van der Waals surface area contributed by atoms with Crippen molar-refractivity contribution in [2.24, 2.45) is 0 Å². The number of benzene rings is 3. The van der Waals surface area contributed by atoms with Crippen LogP contribution in [-0.4, -0.2) is 48.7 Å². The van der Waals surface area contributed by atoms with Gasteiger partial charge in [0.2, 0.25) is 15.9 Å². The van der Waals surface area contributed by atoms with Crippen molar-refractivity contribution >= 4 is 15.9 Å². The van der Waals surface area contributed by atoms with Crippen LogP contribution in [0.4, 0.5) is 13.2 Å². The van der Waals surface area contributed by atoms with E-state index in [-0.39, 0.29) is 11.9 Å². The minimum atomic E-state index is -4.78. The summed E-state index contributed by atoms with van der Waals surface area (Å²) >= 11 is 0. The molecule has 1 amide bonds. The quantitative estimate of drug-likeness (QED) is 0.386. The molecule has 3 aromatic rings. The lowest BCUT2D eigenvalue weighted by atomic mass is 9.89. The van der Waals surface area contributed by atoms with E-state index in [0.29, 0.717) is 38.8 Å². The normalized spacial score (nSPS) is 17.2. The van der Waals surface area contributed by atoms with Crippen molar-refractivity contribution < 1.29 is 26.4 Å². The number of hydrogen-bond donors (Lipinski definition) is 0. The summed E-state index contributed by atoms with van der Waals surface area (Å²) in [6.45, 7) is 0.665. The van der Waals surface area contributed by atoms with Crippen LogP contribution >= 0.6 is 0 Å². The molecule has 0 bridgehead atoms. The maximum Gasteiger partial charge on any atom is 0.417 e. The number of hydrogen-bond acceptors (Lipinski definition) is 3. The van der Waals surface area contributed by atoms with Crippen molar-refractivity contribution in [2.75, 3.05) is 13.1 Å². The molecule has 9 heteroatoms. The minimum Gasteiger partial charge on any atom is -0.342 e. The van der Waals surface area contributed by atoms with E-state index >= 15 is 0 Å². The molecule has 0 spiro atoms. The van der Waals surface area contributed by atoms with Crippen LogP contribution in [0.25, 0.3) is 0 Å². The summed E-state index contributed by atoms with van der Waals surface area (Å²) < 4.78 is 69.5. The molecule has 1 saturated heterocycles. The second kappa shape index (κ2) is 10.5. The standard InChI is InChI=1S/C29H29F3N2O3S/c30-29(31,32)25-13-7-8-14-26(25)38(36,37)34(23-15-16-23)24-17-19-33(20-18-24)28(35)27(21-9-3-1-4-10-21)22-11-5-2-6-12-22/h1-14,23-24,27H,15-20H2. The zero-order chi connectivity index (χ0) is 26.9. The number of piperidine rings is 1. The van der Waals surface area contributed by atoms with E-state index in [1.54, 1.807) is 4.90 Å². The zero-order valence-corrected chi connectivity index (χ0v) is 21.5. The zero-order valence-electron chi connectivity index (χ0n) is 20.7. The van der Waals surface area contributed by atoms with Gasteiger partial charge >= 0.3 is 6.18 Å². The van der Waals surface area contributed by atoms with Crippen molar-refractivity contribution in [1.82, 2.24) is 9.21 Å². The highest BCUT2D eigenvalue weighted by molar-refractivity contribution is 7.89. The van der Waals surface area contributed by atoms with Crippen LogP contribution in [0.15, 0.2) is 89.8 Å². The summed E-state index contributed by atoms with van der Waals surface area (Å²) in [5.74, 6) is -0.556. The Kier molecular flexibility index (Phi) is 7.33. The molecule has 2 fully saturated rings. The Bertz CT molecular complexity index is 1330. The van der Waals surface area contributed by atoms with Crippen molar-refractivity contribution in [2.45, 2.75) is 54.8 Å². The average molecular weight is 543 g/mol. The van der Waals surface area contributed by atoms with Crippen molar-refractivity contribution in [1.29, 1.82) is 0 Å². The highest BCUT2D eigenvalue weighted by Crippen LogP contribution is 2.41. The molecule has 1 heterocycles. The van der Waals surface area contributed by atoms with Crippen LogP contribution in [0.3, 0.4) is 0 Å². The van der Waals surface area contributed by atoms with Gasteiger partial charge in [-0.3, -0.25) is 4.79 Å². The maximum atomic E-state index is 13.8. The average Bonchev–Trinajstić information content (AvgIpc) is 3.75. The molecule has 0 atom stereocenters. The van der Waals surface area contributed by atoms with Crippen LogP contribution in [0.1, 0.15) is 48.3 Å². The Morgan fingerprint density at radius 2 is 1.24 bits per heavy atom. The third-order valence-corrected chi connectivity index (χ3v) is 9.37. The van der Waals surface area contributed by atoms with Gasteiger partial charge in [-0.05, 0) is 48.9 Å². The number of alkyl halides is 3. The van der Waals surface area contributed by atoms with Gasteiger partial charge in [0, 0.05) is 25.2 Å². The topological polar surface area (TPSA) is 57.7 Å². The van der Waals surface area contributed by atoms with Gasteiger partial charge in [0.05, 0.1) is 16.4 Å². The number of rotatable bonds is 7. The Labute approximate surface area is 220 Å². The van der Waals surface area contributed by atoms with Crippen LogP contribution in [0.2, 0.25) is 0 Å². The second-order valence-electron chi connectivity index (χ2n) is 9.87. The first-order valence-corrected chi connectivity index (χ1v) is 14.2. The van der Waals surface area contributed by atoms with E-state index in [1.165, 1.54) is 16.4 Å². The van der Waals surface area contributed by atoms with Gasteiger partial charge in [0.15, 0.2) is 0 Å². The van der Waals surface area contributed by atoms with E-state index in [0.717, 1.165) is 23.3 Å². The number of sulfonamides is 1. The molecule has 5 nitrogen and oxygen atoms in total. The van der Waals surface area contributed by atoms with E-state index in [9.17, 15) is 26.4 Å². The first kappa shape index (κ1) is 26.4. The van der Waals surface area contributed by atoms with Crippen molar-refractivity contribution in [3.63, 3.8) is 0 Å². The Morgan fingerprint density at radius 3 is 1.74 bits per heavy atom. The van der Waals surface area contributed by atoms with Gasteiger partial charge in [0.1, 0.15) is 0 Å². The molecule has 2 aliphatic rings.